The predicted molar refractivity (Wildman–Crippen MR) is 50.6 cm³/mol. The Morgan fingerprint density at radius 3 is 2.00 bits per heavy atom. The van der Waals surface area contributed by atoms with E-state index < -0.39 is 0 Å². The second kappa shape index (κ2) is 2.10. The lowest BCUT2D eigenvalue weighted by Crippen LogP contribution is -2.15. The van der Waals surface area contributed by atoms with Crippen LogP contribution in [0.15, 0.2) is 59.8 Å². The molecule has 0 amide bonds. The molecule has 0 bridgehead atoms. The molecule has 3 aliphatic carbocycles. The third kappa shape index (κ3) is 0.672. The average Bonchev–Trinajstić information content (AvgIpc) is 2.52. The van der Waals surface area contributed by atoms with Gasteiger partial charge < -0.3 is 0 Å². The molecule has 0 aliphatic heterocycles. The van der Waals surface area contributed by atoms with Crippen molar-refractivity contribution in [3.8, 4) is 0 Å². The molecule has 0 aromatic rings. The van der Waals surface area contributed by atoms with Crippen LogP contribution in [0.3, 0.4) is 0 Å². The zero-order valence-corrected chi connectivity index (χ0v) is 6.77. The topological polar surface area (TPSA) is 0 Å². The van der Waals surface area contributed by atoms with Gasteiger partial charge in [-0.1, -0.05) is 48.6 Å². The Labute approximate surface area is 72.3 Å². The minimum absolute atomic E-state index is 0.611. The summed E-state index contributed by atoms with van der Waals surface area (Å²) in [6.07, 6.45) is 17.8. The molecule has 0 radical (unpaired) electrons. The molecule has 3 aliphatic rings. The van der Waals surface area contributed by atoms with E-state index in [-0.39, 0.29) is 0 Å². The highest BCUT2D eigenvalue weighted by atomic mass is 14.3. The van der Waals surface area contributed by atoms with Gasteiger partial charge in [0.1, 0.15) is 0 Å². The van der Waals surface area contributed by atoms with E-state index in [1.807, 2.05) is 0 Å². The SMILES string of the molecule is C1=CC2C=CC=C3C=CC(=C1)C32. The molecule has 0 heteroatoms. The molecular weight excluding hydrogens is 144 g/mol. The summed E-state index contributed by atoms with van der Waals surface area (Å²) >= 11 is 0. The van der Waals surface area contributed by atoms with Crippen molar-refractivity contribution in [2.24, 2.45) is 11.8 Å². The highest BCUT2D eigenvalue weighted by Crippen LogP contribution is 2.41. The van der Waals surface area contributed by atoms with E-state index >= 15 is 0 Å². The van der Waals surface area contributed by atoms with E-state index in [0.717, 1.165) is 0 Å². The fraction of sp³-hybridized carbons (Fsp3) is 0.167. The third-order valence-electron chi connectivity index (χ3n) is 2.82. The lowest BCUT2D eigenvalue weighted by atomic mass is 9.78. The minimum atomic E-state index is 0.611. The molecular formula is C12H10. The van der Waals surface area contributed by atoms with Crippen molar-refractivity contribution in [2.45, 2.75) is 0 Å². The molecule has 0 N–H and O–H groups in total. The van der Waals surface area contributed by atoms with Crippen LogP contribution in [-0.4, -0.2) is 0 Å². The summed E-state index contributed by atoms with van der Waals surface area (Å²) in [4.78, 5) is 0. The Kier molecular flexibility index (Phi) is 1.09. The van der Waals surface area contributed by atoms with Crippen molar-refractivity contribution >= 4 is 0 Å². The predicted octanol–water partition coefficient (Wildman–Crippen LogP) is 2.78. The molecule has 0 saturated heterocycles. The van der Waals surface area contributed by atoms with Crippen molar-refractivity contribution in [1.82, 2.24) is 0 Å². The molecule has 0 fully saturated rings. The van der Waals surface area contributed by atoms with Gasteiger partial charge in [-0.2, -0.15) is 0 Å². The normalized spacial score (nSPS) is 34.7. The van der Waals surface area contributed by atoms with E-state index in [1.54, 1.807) is 0 Å². The smallest absolute Gasteiger partial charge is 0.0187 e. The van der Waals surface area contributed by atoms with E-state index in [4.69, 9.17) is 0 Å². The van der Waals surface area contributed by atoms with Crippen molar-refractivity contribution < 1.29 is 0 Å². The molecule has 0 saturated carbocycles. The maximum Gasteiger partial charge on any atom is 0.0187 e. The second-order valence-electron chi connectivity index (χ2n) is 3.49. The van der Waals surface area contributed by atoms with E-state index in [9.17, 15) is 0 Å². The van der Waals surface area contributed by atoms with Gasteiger partial charge in [-0.25, -0.2) is 0 Å². The van der Waals surface area contributed by atoms with Crippen LogP contribution in [0.5, 0.6) is 0 Å². The molecule has 0 unspecified atom stereocenters. The van der Waals surface area contributed by atoms with Crippen LogP contribution >= 0.6 is 0 Å². The zero-order valence-electron chi connectivity index (χ0n) is 6.77. The molecule has 12 heavy (non-hydrogen) atoms. The van der Waals surface area contributed by atoms with Gasteiger partial charge in [0.25, 0.3) is 0 Å². The lowest BCUT2D eigenvalue weighted by Gasteiger charge is -2.25. The van der Waals surface area contributed by atoms with Crippen LogP contribution in [-0.2, 0) is 0 Å². The molecule has 3 rings (SSSR count). The summed E-state index contributed by atoms with van der Waals surface area (Å²) in [6, 6.07) is 0. The summed E-state index contributed by atoms with van der Waals surface area (Å²) < 4.78 is 0. The monoisotopic (exact) mass is 154 g/mol. The Morgan fingerprint density at radius 2 is 1.42 bits per heavy atom. The molecule has 0 aromatic carbocycles. The number of hydrogen-bond donors (Lipinski definition) is 0. The summed E-state index contributed by atoms with van der Waals surface area (Å²) in [5, 5.41) is 0. The first kappa shape index (κ1) is 6.24. The lowest BCUT2D eigenvalue weighted by molar-refractivity contribution is 0.626. The standard InChI is InChI=1S/C12H10/c1-3-9-4-2-6-11-8-7-10(5-1)12(9)11/h1-9,12H. The summed E-state index contributed by atoms with van der Waals surface area (Å²) in [5.74, 6) is 1.25. The van der Waals surface area contributed by atoms with E-state index in [0.29, 0.717) is 11.8 Å². The van der Waals surface area contributed by atoms with Crippen molar-refractivity contribution in [3.05, 3.63) is 59.8 Å². The molecule has 0 aromatic heterocycles. The van der Waals surface area contributed by atoms with Crippen molar-refractivity contribution in [2.75, 3.05) is 0 Å². The largest absolute Gasteiger partial charge is 0.0767 e. The van der Waals surface area contributed by atoms with Crippen molar-refractivity contribution in [1.29, 1.82) is 0 Å². The van der Waals surface area contributed by atoms with Crippen LogP contribution in [0.25, 0.3) is 0 Å². The molecule has 0 spiro atoms. The number of rotatable bonds is 0. The third-order valence-corrected chi connectivity index (χ3v) is 2.82. The van der Waals surface area contributed by atoms with Gasteiger partial charge in [-0.15, -0.1) is 0 Å². The van der Waals surface area contributed by atoms with Gasteiger partial charge in [0.15, 0.2) is 0 Å². The first-order valence-corrected chi connectivity index (χ1v) is 4.40. The molecule has 0 heterocycles. The van der Waals surface area contributed by atoms with Crippen LogP contribution < -0.4 is 0 Å². The number of hydrogen-bond acceptors (Lipinski definition) is 0. The van der Waals surface area contributed by atoms with Crippen molar-refractivity contribution in [3.63, 3.8) is 0 Å². The fourth-order valence-electron chi connectivity index (χ4n) is 2.23. The van der Waals surface area contributed by atoms with Crippen LogP contribution in [0.2, 0.25) is 0 Å². The van der Waals surface area contributed by atoms with E-state index in [1.165, 1.54) is 11.1 Å². The number of allylic oxidation sites excluding steroid dienone is 10. The van der Waals surface area contributed by atoms with Gasteiger partial charge in [0, 0.05) is 11.8 Å². The van der Waals surface area contributed by atoms with Crippen LogP contribution in [0, 0.1) is 11.8 Å². The van der Waals surface area contributed by atoms with Crippen LogP contribution in [0.4, 0.5) is 0 Å². The molecule has 0 atom stereocenters. The van der Waals surface area contributed by atoms with Gasteiger partial charge in [-0.3, -0.25) is 0 Å². The first-order valence-electron chi connectivity index (χ1n) is 4.40. The highest BCUT2D eigenvalue weighted by molar-refractivity contribution is 5.52. The maximum absolute atomic E-state index is 2.28. The summed E-state index contributed by atoms with van der Waals surface area (Å²) in [5.41, 5.74) is 2.94. The Balaban J connectivity index is 2.19. The van der Waals surface area contributed by atoms with Gasteiger partial charge in [-0.05, 0) is 11.1 Å². The molecule has 58 valence electrons. The van der Waals surface area contributed by atoms with Gasteiger partial charge in [0.05, 0.1) is 0 Å². The quantitative estimate of drug-likeness (QED) is 0.503. The Bertz CT molecular complexity index is 327. The summed E-state index contributed by atoms with van der Waals surface area (Å²) in [7, 11) is 0. The zero-order chi connectivity index (χ0) is 7.97. The Morgan fingerprint density at radius 1 is 0.833 bits per heavy atom. The first-order chi connectivity index (χ1) is 5.95. The summed E-state index contributed by atoms with van der Waals surface area (Å²) in [6.45, 7) is 0. The minimum Gasteiger partial charge on any atom is -0.0767 e. The molecule has 0 nitrogen and oxygen atoms in total. The fourth-order valence-corrected chi connectivity index (χ4v) is 2.23. The van der Waals surface area contributed by atoms with E-state index in [2.05, 4.69) is 48.6 Å². The second-order valence-corrected chi connectivity index (χ2v) is 3.49. The highest BCUT2D eigenvalue weighted by Gasteiger charge is 2.29. The van der Waals surface area contributed by atoms with Crippen LogP contribution in [0.1, 0.15) is 0 Å². The van der Waals surface area contributed by atoms with Gasteiger partial charge >= 0.3 is 0 Å². The maximum atomic E-state index is 2.28. The average molecular weight is 154 g/mol. The van der Waals surface area contributed by atoms with Gasteiger partial charge in [0.2, 0.25) is 0 Å². The Hall–Kier alpha value is -1.30.